The highest BCUT2D eigenvalue weighted by molar-refractivity contribution is 5.73. The predicted molar refractivity (Wildman–Crippen MR) is 74.1 cm³/mol. The zero-order valence-electron chi connectivity index (χ0n) is 11.2. The van der Waals surface area contributed by atoms with Crippen LogP contribution in [-0.2, 0) is 12.6 Å². The summed E-state index contributed by atoms with van der Waals surface area (Å²) in [6.45, 7) is 0.418. The summed E-state index contributed by atoms with van der Waals surface area (Å²) in [5.74, 6) is 0.729. The van der Waals surface area contributed by atoms with E-state index in [2.05, 4.69) is 0 Å². The average Bonchev–Trinajstić information content (AvgIpc) is 2.89. The molecule has 3 rings (SSSR count). The number of alkyl halides is 3. The van der Waals surface area contributed by atoms with E-state index in [-0.39, 0.29) is 6.10 Å². The van der Waals surface area contributed by atoms with E-state index in [4.69, 9.17) is 10.5 Å². The van der Waals surface area contributed by atoms with Crippen molar-refractivity contribution < 1.29 is 17.9 Å². The van der Waals surface area contributed by atoms with Gasteiger partial charge in [0.1, 0.15) is 11.9 Å². The maximum atomic E-state index is 12.6. The summed E-state index contributed by atoms with van der Waals surface area (Å²) in [5.41, 5.74) is 7.52. The van der Waals surface area contributed by atoms with Crippen molar-refractivity contribution in [2.45, 2.75) is 18.7 Å². The third-order valence-corrected chi connectivity index (χ3v) is 3.61. The summed E-state index contributed by atoms with van der Waals surface area (Å²) in [5, 5.41) is 0. The molecule has 2 N–H and O–H groups in total. The van der Waals surface area contributed by atoms with Crippen LogP contribution in [-0.4, -0.2) is 12.6 Å². The summed E-state index contributed by atoms with van der Waals surface area (Å²) >= 11 is 0. The van der Waals surface area contributed by atoms with E-state index in [0.717, 1.165) is 35.4 Å². The van der Waals surface area contributed by atoms with Gasteiger partial charge in [-0.3, -0.25) is 0 Å². The Balaban J connectivity index is 1.98. The summed E-state index contributed by atoms with van der Waals surface area (Å²) in [6, 6.07) is 10.8. The van der Waals surface area contributed by atoms with Crippen LogP contribution in [0.25, 0.3) is 11.1 Å². The van der Waals surface area contributed by atoms with Crippen molar-refractivity contribution in [1.29, 1.82) is 0 Å². The second-order valence-corrected chi connectivity index (χ2v) is 5.05. The largest absolute Gasteiger partial charge is 0.488 e. The lowest BCUT2D eigenvalue weighted by atomic mass is 9.99. The molecule has 2 aromatic rings. The van der Waals surface area contributed by atoms with Crippen LogP contribution in [0, 0.1) is 0 Å². The van der Waals surface area contributed by atoms with Crippen LogP contribution >= 0.6 is 0 Å². The molecule has 0 unspecified atom stereocenters. The number of hydrogen-bond acceptors (Lipinski definition) is 2. The van der Waals surface area contributed by atoms with Crippen LogP contribution in [0.2, 0.25) is 0 Å². The van der Waals surface area contributed by atoms with Gasteiger partial charge in [0.15, 0.2) is 0 Å². The summed E-state index contributed by atoms with van der Waals surface area (Å²) in [4.78, 5) is 0. The van der Waals surface area contributed by atoms with Gasteiger partial charge < -0.3 is 10.5 Å². The van der Waals surface area contributed by atoms with Crippen LogP contribution < -0.4 is 10.5 Å². The van der Waals surface area contributed by atoms with Crippen LogP contribution in [0.4, 0.5) is 13.2 Å². The normalized spacial score (nSPS) is 17.4. The first-order chi connectivity index (χ1) is 9.99. The van der Waals surface area contributed by atoms with Gasteiger partial charge in [-0.1, -0.05) is 30.3 Å². The molecule has 1 heterocycles. The topological polar surface area (TPSA) is 35.2 Å². The highest BCUT2D eigenvalue weighted by Crippen LogP contribution is 2.39. The fourth-order valence-electron chi connectivity index (χ4n) is 2.54. The van der Waals surface area contributed by atoms with Crippen molar-refractivity contribution in [3.8, 4) is 16.9 Å². The number of benzene rings is 2. The first-order valence-corrected chi connectivity index (χ1v) is 6.65. The molecule has 2 nitrogen and oxygen atoms in total. The molecule has 0 saturated heterocycles. The lowest BCUT2D eigenvalue weighted by Gasteiger charge is -2.12. The lowest BCUT2D eigenvalue weighted by Crippen LogP contribution is -2.24. The van der Waals surface area contributed by atoms with Crippen molar-refractivity contribution in [2.24, 2.45) is 5.73 Å². The van der Waals surface area contributed by atoms with Gasteiger partial charge >= 0.3 is 6.18 Å². The van der Waals surface area contributed by atoms with Crippen LogP contribution in [0.15, 0.2) is 42.5 Å². The van der Waals surface area contributed by atoms with Gasteiger partial charge in [-0.05, 0) is 23.3 Å². The molecular weight excluding hydrogens is 279 g/mol. The van der Waals surface area contributed by atoms with Gasteiger partial charge in [-0.15, -0.1) is 0 Å². The van der Waals surface area contributed by atoms with E-state index in [1.807, 2.05) is 18.2 Å². The molecule has 110 valence electrons. The van der Waals surface area contributed by atoms with Gasteiger partial charge in [0, 0.05) is 18.5 Å². The molecule has 1 atom stereocenters. The maximum absolute atomic E-state index is 12.6. The number of hydrogen-bond donors (Lipinski definition) is 1. The summed E-state index contributed by atoms with van der Waals surface area (Å²) < 4.78 is 43.6. The molecule has 0 radical (unpaired) electrons. The molecule has 1 aliphatic rings. The summed E-state index contributed by atoms with van der Waals surface area (Å²) in [6.07, 6.45) is -3.64. The van der Waals surface area contributed by atoms with E-state index < -0.39 is 11.7 Å². The maximum Gasteiger partial charge on any atom is 0.416 e. The zero-order chi connectivity index (χ0) is 15.0. The van der Waals surface area contributed by atoms with Gasteiger partial charge in [-0.25, -0.2) is 0 Å². The Labute approximate surface area is 120 Å². The van der Waals surface area contributed by atoms with Gasteiger partial charge in [0.2, 0.25) is 0 Å². The standard InChI is InChI=1S/C16H14F3NO/c17-16(18,19)12-6-4-10(5-7-12)14-3-1-2-11-8-13(9-20)21-15(11)14/h1-7,13H,8-9,20H2/t13-/m0/s1. The van der Waals surface area contributed by atoms with Crippen molar-refractivity contribution in [3.05, 3.63) is 53.6 Å². The van der Waals surface area contributed by atoms with E-state index in [9.17, 15) is 13.2 Å². The number of nitrogens with two attached hydrogens (primary N) is 1. The number of halogens is 3. The van der Waals surface area contributed by atoms with Crippen molar-refractivity contribution >= 4 is 0 Å². The quantitative estimate of drug-likeness (QED) is 0.917. The third kappa shape index (κ3) is 2.61. The molecule has 21 heavy (non-hydrogen) atoms. The fourth-order valence-corrected chi connectivity index (χ4v) is 2.54. The molecular formula is C16H14F3NO. The molecule has 0 bridgehead atoms. The Morgan fingerprint density at radius 3 is 2.43 bits per heavy atom. The first-order valence-electron chi connectivity index (χ1n) is 6.65. The molecule has 0 spiro atoms. The number of para-hydroxylation sites is 1. The molecule has 0 aliphatic carbocycles. The highest BCUT2D eigenvalue weighted by atomic mass is 19.4. The Kier molecular flexibility index (Phi) is 3.37. The zero-order valence-corrected chi connectivity index (χ0v) is 11.2. The van der Waals surface area contributed by atoms with Gasteiger partial charge in [0.05, 0.1) is 5.56 Å². The second kappa shape index (κ2) is 5.07. The average molecular weight is 293 g/mol. The smallest absolute Gasteiger partial charge is 0.416 e. The van der Waals surface area contributed by atoms with E-state index in [0.29, 0.717) is 12.1 Å². The fraction of sp³-hybridized carbons (Fsp3) is 0.250. The molecule has 2 aromatic carbocycles. The van der Waals surface area contributed by atoms with Crippen molar-refractivity contribution in [1.82, 2.24) is 0 Å². The van der Waals surface area contributed by atoms with Crippen LogP contribution in [0.5, 0.6) is 5.75 Å². The monoisotopic (exact) mass is 293 g/mol. The van der Waals surface area contributed by atoms with Crippen molar-refractivity contribution in [2.75, 3.05) is 6.54 Å². The van der Waals surface area contributed by atoms with Gasteiger partial charge in [0.25, 0.3) is 0 Å². The molecule has 1 aliphatic heterocycles. The Morgan fingerprint density at radius 2 is 1.81 bits per heavy atom. The molecule has 0 fully saturated rings. The minimum absolute atomic E-state index is 0.0596. The molecule has 5 heteroatoms. The van der Waals surface area contributed by atoms with E-state index in [1.165, 1.54) is 12.1 Å². The van der Waals surface area contributed by atoms with Crippen molar-refractivity contribution in [3.63, 3.8) is 0 Å². The highest BCUT2D eigenvalue weighted by Gasteiger charge is 2.30. The molecule has 0 saturated carbocycles. The predicted octanol–water partition coefficient (Wildman–Crippen LogP) is 3.63. The Morgan fingerprint density at radius 1 is 1.10 bits per heavy atom. The minimum Gasteiger partial charge on any atom is -0.488 e. The lowest BCUT2D eigenvalue weighted by molar-refractivity contribution is -0.137. The van der Waals surface area contributed by atoms with Crippen LogP contribution in [0.1, 0.15) is 11.1 Å². The summed E-state index contributed by atoms with van der Waals surface area (Å²) in [7, 11) is 0. The number of rotatable bonds is 2. The van der Waals surface area contributed by atoms with E-state index in [1.54, 1.807) is 0 Å². The minimum atomic E-state index is -4.32. The SMILES string of the molecule is NC[C@@H]1Cc2cccc(-c3ccc(C(F)(F)F)cc3)c2O1. The van der Waals surface area contributed by atoms with Crippen LogP contribution in [0.3, 0.4) is 0 Å². The number of ether oxygens (including phenoxy) is 1. The first kappa shape index (κ1) is 13.9. The second-order valence-electron chi connectivity index (χ2n) is 5.05. The van der Waals surface area contributed by atoms with E-state index >= 15 is 0 Å². The molecule has 0 amide bonds. The number of fused-ring (bicyclic) bond motifs is 1. The molecule has 0 aromatic heterocycles. The van der Waals surface area contributed by atoms with Gasteiger partial charge in [-0.2, -0.15) is 13.2 Å². The Hall–Kier alpha value is -2.01. The Bertz CT molecular complexity index is 650. The third-order valence-electron chi connectivity index (χ3n) is 3.61.